The Hall–Kier alpha value is -1.71. The van der Waals surface area contributed by atoms with Gasteiger partial charge in [0.05, 0.1) is 0 Å². The van der Waals surface area contributed by atoms with E-state index < -0.39 is 5.97 Å². The standard InChI is InChI=1S/C12H17NO3/c1-7(2)9-5-10(13)8(3)4-11(9)16-6-12(14)15/h4-5,7H,6,13H2,1-3H3,(H,14,15). The van der Waals surface area contributed by atoms with Crippen molar-refractivity contribution in [1.29, 1.82) is 0 Å². The molecule has 0 saturated carbocycles. The number of aryl methyl sites for hydroxylation is 1. The number of hydrogen-bond acceptors (Lipinski definition) is 3. The van der Waals surface area contributed by atoms with Gasteiger partial charge in [-0.1, -0.05) is 13.8 Å². The molecule has 16 heavy (non-hydrogen) atoms. The Morgan fingerprint density at radius 3 is 2.62 bits per heavy atom. The van der Waals surface area contributed by atoms with E-state index in [0.717, 1.165) is 11.1 Å². The number of carbonyl (C=O) groups is 1. The normalized spacial score (nSPS) is 10.5. The Balaban J connectivity index is 3.04. The highest BCUT2D eigenvalue weighted by molar-refractivity contribution is 5.68. The Morgan fingerprint density at radius 2 is 2.12 bits per heavy atom. The molecular formula is C12H17NO3. The first kappa shape index (κ1) is 12.4. The zero-order valence-corrected chi connectivity index (χ0v) is 9.78. The number of rotatable bonds is 4. The molecule has 1 aromatic rings. The lowest BCUT2D eigenvalue weighted by molar-refractivity contribution is -0.139. The number of carboxylic acid groups (broad SMARTS) is 1. The minimum absolute atomic E-state index is 0.242. The predicted octanol–water partition coefficient (Wildman–Crippen LogP) is 2.16. The summed E-state index contributed by atoms with van der Waals surface area (Å²) in [6.07, 6.45) is 0. The summed E-state index contributed by atoms with van der Waals surface area (Å²) in [7, 11) is 0. The van der Waals surface area contributed by atoms with E-state index in [4.69, 9.17) is 15.6 Å². The van der Waals surface area contributed by atoms with Crippen LogP contribution in [0.2, 0.25) is 0 Å². The first-order valence-corrected chi connectivity index (χ1v) is 5.16. The molecule has 88 valence electrons. The van der Waals surface area contributed by atoms with E-state index in [2.05, 4.69) is 0 Å². The lowest BCUT2D eigenvalue weighted by Gasteiger charge is -2.15. The van der Waals surface area contributed by atoms with Gasteiger partial charge in [-0.05, 0) is 36.1 Å². The van der Waals surface area contributed by atoms with Gasteiger partial charge in [0, 0.05) is 5.69 Å². The molecule has 1 aromatic carbocycles. The number of carboxylic acids is 1. The van der Waals surface area contributed by atoms with Gasteiger partial charge in [-0.15, -0.1) is 0 Å². The number of nitrogen functional groups attached to an aromatic ring is 1. The maximum absolute atomic E-state index is 10.5. The van der Waals surface area contributed by atoms with Crippen LogP contribution >= 0.6 is 0 Å². The van der Waals surface area contributed by atoms with Crippen LogP contribution in [0.3, 0.4) is 0 Å². The van der Waals surface area contributed by atoms with Crippen LogP contribution in [-0.2, 0) is 4.79 Å². The lowest BCUT2D eigenvalue weighted by atomic mass is 9.99. The second kappa shape index (κ2) is 4.88. The fourth-order valence-corrected chi connectivity index (χ4v) is 1.43. The molecule has 0 aromatic heterocycles. The summed E-state index contributed by atoms with van der Waals surface area (Å²) in [6.45, 7) is 5.56. The van der Waals surface area contributed by atoms with Crippen LogP contribution in [0.4, 0.5) is 5.69 Å². The molecule has 3 N–H and O–H groups in total. The quantitative estimate of drug-likeness (QED) is 0.767. The van der Waals surface area contributed by atoms with Crippen molar-refractivity contribution in [3.63, 3.8) is 0 Å². The Bertz CT molecular complexity index is 399. The summed E-state index contributed by atoms with van der Waals surface area (Å²) in [6, 6.07) is 3.63. The third-order valence-electron chi connectivity index (χ3n) is 2.37. The van der Waals surface area contributed by atoms with E-state index >= 15 is 0 Å². The van der Waals surface area contributed by atoms with Gasteiger partial charge < -0.3 is 15.6 Å². The maximum Gasteiger partial charge on any atom is 0.341 e. The molecule has 0 aliphatic carbocycles. The third kappa shape index (κ3) is 2.89. The minimum atomic E-state index is -0.982. The number of aliphatic carboxylic acids is 1. The number of benzene rings is 1. The van der Waals surface area contributed by atoms with Crippen LogP contribution in [-0.4, -0.2) is 17.7 Å². The summed E-state index contributed by atoms with van der Waals surface area (Å²) in [5.41, 5.74) is 8.34. The van der Waals surface area contributed by atoms with Crippen molar-refractivity contribution in [2.24, 2.45) is 0 Å². The van der Waals surface area contributed by atoms with E-state index in [-0.39, 0.29) is 12.5 Å². The Kier molecular flexibility index (Phi) is 3.77. The molecule has 0 amide bonds. The maximum atomic E-state index is 10.5. The number of hydrogen-bond donors (Lipinski definition) is 2. The van der Waals surface area contributed by atoms with Crippen molar-refractivity contribution in [1.82, 2.24) is 0 Å². The summed E-state index contributed by atoms with van der Waals surface area (Å²) in [4.78, 5) is 10.5. The van der Waals surface area contributed by atoms with Crippen LogP contribution in [0.1, 0.15) is 30.9 Å². The monoisotopic (exact) mass is 223 g/mol. The van der Waals surface area contributed by atoms with Crippen LogP contribution in [0.15, 0.2) is 12.1 Å². The first-order chi connectivity index (χ1) is 7.41. The third-order valence-corrected chi connectivity index (χ3v) is 2.37. The summed E-state index contributed by atoms with van der Waals surface area (Å²) in [5, 5.41) is 8.58. The van der Waals surface area contributed by atoms with Crippen molar-refractivity contribution < 1.29 is 14.6 Å². The van der Waals surface area contributed by atoms with E-state index in [1.165, 1.54) is 0 Å². The molecular weight excluding hydrogens is 206 g/mol. The van der Waals surface area contributed by atoms with Crippen molar-refractivity contribution in [3.05, 3.63) is 23.3 Å². The Labute approximate surface area is 95.0 Å². The van der Waals surface area contributed by atoms with E-state index in [1.54, 1.807) is 6.07 Å². The SMILES string of the molecule is Cc1cc(OCC(=O)O)c(C(C)C)cc1N. The summed E-state index contributed by atoms with van der Waals surface area (Å²) in [5.74, 6) is -0.139. The van der Waals surface area contributed by atoms with Gasteiger partial charge in [-0.2, -0.15) is 0 Å². The zero-order chi connectivity index (χ0) is 12.3. The van der Waals surface area contributed by atoms with Crippen LogP contribution < -0.4 is 10.5 Å². The van der Waals surface area contributed by atoms with E-state index in [0.29, 0.717) is 11.4 Å². The molecule has 0 aliphatic rings. The average molecular weight is 223 g/mol. The molecule has 0 spiro atoms. The average Bonchev–Trinajstić information content (AvgIpc) is 2.18. The van der Waals surface area contributed by atoms with Gasteiger partial charge in [0.2, 0.25) is 0 Å². The molecule has 0 bridgehead atoms. The molecule has 1 rings (SSSR count). The summed E-state index contributed by atoms with van der Waals surface area (Å²) < 4.78 is 5.24. The molecule has 0 fully saturated rings. The van der Waals surface area contributed by atoms with Gasteiger partial charge in [-0.25, -0.2) is 4.79 Å². The van der Waals surface area contributed by atoms with Crippen LogP contribution in [0.5, 0.6) is 5.75 Å². The topological polar surface area (TPSA) is 72.5 Å². The highest BCUT2D eigenvalue weighted by Crippen LogP contribution is 2.30. The number of anilines is 1. The first-order valence-electron chi connectivity index (χ1n) is 5.16. The molecule has 4 nitrogen and oxygen atoms in total. The van der Waals surface area contributed by atoms with Crippen LogP contribution in [0, 0.1) is 6.92 Å². The minimum Gasteiger partial charge on any atom is -0.482 e. The summed E-state index contributed by atoms with van der Waals surface area (Å²) >= 11 is 0. The zero-order valence-electron chi connectivity index (χ0n) is 9.78. The highest BCUT2D eigenvalue weighted by Gasteiger charge is 2.11. The van der Waals surface area contributed by atoms with Crippen LogP contribution in [0.25, 0.3) is 0 Å². The molecule has 4 heteroatoms. The van der Waals surface area contributed by atoms with E-state index in [9.17, 15) is 4.79 Å². The second-order valence-corrected chi connectivity index (χ2v) is 4.08. The molecule has 0 saturated heterocycles. The largest absolute Gasteiger partial charge is 0.482 e. The number of nitrogens with two attached hydrogens (primary N) is 1. The smallest absolute Gasteiger partial charge is 0.341 e. The Morgan fingerprint density at radius 1 is 1.50 bits per heavy atom. The molecule has 0 radical (unpaired) electrons. The van der Waals surface area contributed by atoms with Gasteiger partial charge in [-0.3, -0.25) is 0 Å². The van der Waals surface area contributed by atoms with Crippen molar-refractivity contribution in [3.8, 4) is 5.75 Å². The number of ether oxygens (including phenoxy) is 1. The van der Waals surface area contributed by atoms with Crippen molar-refractivity contribution >= 4 is 11.7 Å². The fraction of sp³-hybridized carbons (Fsp3) is 0.417. The lowest BCUT2D eigenvalue weighted by Crippen LogP contribution is -2.11. The molecule has 0 atom stereocenters. The van der Waals surface area contributed by atoms with Gasteiger partial charge >= 0.3 is 5.97 Å². The van der Waals surface area contributed by atoms with Gasteiger partial charge in [0.15, 0.2) is 6.61 Å². The highest BCUT2D eigenvalue weighted by atomic mass is 16.5. The van der Waals surface area contributed by atoms with E-state index in [1.807, 2.05) is 26.8 Å². The van der Waals surface area contributed by atoms with Gasteiger partial charge in [0.1, 0.15) is 5.75 Å². The molecule has 0 heterocycles. The van der Waals surface area contributed by atoms with Crippen molar-refractivity contribution in [2.75, 3.05) is 12.3 Å². The molecule has 0 unspecified atom stereocenters. The van der Waals surface area contributed by atoms with Crippen molar-refractivity contribution in [2.45, 2.75) is 26.7 Å². The molecule has 0 aliphatic heterocycles. The van der Waals surface area contributed by atoms with Gasteiger partial charge in [0.25, 0.3) is 0 Å². The fourth-order valence-electron chi connectivity index (χ4n) is 1.43. The predicted molar refractivity (Wildman–Crippen MR) is 62.8 cm³/mol. The second-order valence-electron chi connectivity index (χ2n) is 4.08.